The van der Waals surface area contributed by atoms with E-state index in [-0.39, 0.29) is 27.4 Å². The Morgan fingerprint density at radius 2 is 2.14 bits per heavy atom. The van der Waals surface area contributed by atoms with Crippen LogP contribution in [0.5, 0.6) is 0 Å². The molecule has 1 saturated heterocycles. The average Bonchev–Trinajstić information content (AvgIpc) is 2.48. The van der Waals surface area contributed by atoms with Gasteiger partial charge in [0.05, 0.1) is 0 Å². The zero-order chi connectivity index (χ0) is 10.8. The number of hydrogen-bond donors (Lipinski definition) is 0. The molecule has 1 aliphatic rings. The van der Waals surface area contributed by atoms with Gasteiger partial charge in [-0.15, -0.1) is 0 Å². The van der Waals surface area contributed by atoms with Gasteiger partial charge in [0.15, 0.2) is 0 Å². The van der Waals surface area contributed by atoms with Crippen LogP contribution in [0.2, 0.25) is 10.4 Å². The van der Waals surface area contributed by atoms with Crippen molar-refractivity contribution in [2.75, 3.05) is 13.1 Å². The minimum absolute atomic E-state index is 0.139. The van der Waals surface area contributed by atoms with Gasteiger partial charge in [-0.2, -0.15) is 0 Å². The van der Waals surface area contributed by atoms with Crippen molar-refractivity contribution in [3.05, 3.63) is 0 Å². The molecule has 2 atom stereocenters. The molecule has 0 aromatic heterocycles. The molecule has 1 amide bonds. The first-order valence-corrected chi connectivity index (χ1v) is 8.38. The normalized spacial score (nSPS) is 23.4. The Hall–Kier alpha value is -0.172. The van der Waals surface area contributed by atoms with Gasteiger partial charge >= 0.3 is 92.6 Å². The third kappa shape index (κ3) is 3.53. The molecule has 0 bridgehead atoms. The number of rotatable bonds is 1. The van der Waals surface area contributed by atoms with E-state index in [1.807, 2.05) is 25.7 Å². The molecular formula is C10H20AsNO2. The minimum atomic E-state index is -0.363. The van der Waals surface area contributed by atoms with E-state index in [1.165, 1.54) is 6.42 Å². The van der Waals surface area contributed by atoms with E-state index in [9.17, 15) is 4.79 Å². The Kier molecular flexibility index (Phi) is 3.88. The van der Waals surface area contributed by atoms with Gasteiger partial charge in [-0.1, -0.05) is 0 Å². The molecule has 0 saturated carbocycles. The summed E-state index contributed by atoms with van der Waals surface area (Å²) in [7, 11) is 0. The van der Waals surface area contributed by atoms with Crippen LogP contribution in [0.1, 0.15) is 27.2 Å². The molecule has 1 aliphatic heterocycles. The molecule has 0 aliphatic carbocycles. The monoisotopic (exact) mass is 261 g/mol. The zero-order valence-corrected chi connectivity index (χ0v) is 11.6. The van der Waals surface area contributed by atoms with Gasteiger partial charge in [0, 0.05) is 0 Å². The molecule has 0 radical (unpaired) electrons. The van der Waals surface area contributed by atoms with Crippen molar-refractivity contribution in [1.29, 1.82) is 0 Å². The third-order valence-electron chi connectivity index (χ3n) is 2.25. The summed E-state index contributed by atoms with van der Waals surface area (Å²) in [6, 6.07) is 0. The fourth-order valence-corrected chi connectivity index (χ4v) is 3.21. The molecule has 0 aromatic carbocycles. The van der Waals surface area contributed by atoms with E-state index in [0.717, 1.165) is 17.8 Å². The summed E-state index contributed by atoms with van der Waals surface area (Å²) in [4.78, 5) is 13.5. The fraction of sp³-hybridized carbons (Fsp3) is 0.900. The molecular weight excluding hydrogens is 241 g/mol. The predicted octanol–water partition coefficient (Wildman–Crippen LogP) is 1.90. The van der Waals surface area contributed by atoms with Crippen molar-refractivity contribution in [2.24, 2.45) is 0 Å². The summed E-state index contributed by atoms with van der Waals surface area (Å²) in [6.45, 7) is 7.53. The van der Waals surface area contributed by atoms with E-state index in [0.29, 0.717) is 0 Å². The average molecular weight is 261 g/mol. The van der Waals surface area contributed by atoms with Gasteiger partial charge in [-0.25, -0.2) is 0 Å². The van der Waals surface area contributed by atoms with Crippen LogP contribution in [0, 0.1) is 0 Å². The summed E-state index contributed by atoms with van der Waals surface area (Å²) in [5.74, 6) is 0. The number of ether oxygens (including phenoxy) is 1. The number of likely N-dealkylation sites (tertiary alicyclic amines) is 1. The van der Waals surface area contributed by atoms with E-state index in [1.54, 1.807) is 0 Å². The van der Waals surface area contributed by atoms with Gasteiger partial charge in [0.1, 0.15) is 0 Å². The van der Waals surface area contributed by atoms with Crippen molar-refractivity contribution in [3.63, 3.8) is 0 Å². The van der Waals surface area contributed by atoms with Crippen LogP contribution in [-0.4, -0.2) is 45.4 Å². The van der Waals surface area contributed by atoms with Crippen LogP contribution in [0.3, 0.4) is 0 Å². The molecule has 0 aromatic rings. The van der Waals surface area contributed by atoms with Crippen molar-refractivity contribution in [2.45, 2.75) is 43.2 Å². The second-order valence-corrected chi connectivity index (χ2v) is 7.63. The summed E-state index contributed by atoms with van der Waals surface area (Å²) in [5.41, 5.74) is 1.93. The first kappa shape index (κ1) is 11.9. The second kappa shape index (κ2) is 4.57. The standard InChI is InChI=1S/C10H20AsNO2/c1-10(2,3)14-9(13)12-6-5-8(7-12)11-4/h8,11H,5-7H2,1-4H3/t8-/m1/s1. The van der Waals surface area contributed by atoms with E-state index >= 15 is 0 Å². The first-order chi connectivity index (χ1) is 6.42. The van der Waals surface area contributed by atoms with Gasteiger partial charge in [0.2, 0.25) is 0 Å². The molecule has 1 unspecified atom stereocenters. The van der Waals surface area contributed by atoms with E-state index in [2.05, 4.69) is 5.71 Å². The third-order valence-corrected chi connectivity index (χ3v) is 4.95. The molecule has 0 spiro atoms. The first-order valence-electron chi connectivity index (χ1n) is 5.07. The SMILES string of the molecule is C[AsH][C@@H]1CCN(C(=O)OC(C)(C)C)C1. The number of nitrogens with zero attached hydrogens (tertiary/aromatic N) is 1. The fourth-order valence-electron chi connectivity index (χ4n) is 1.49. The Balaban J connectivity index is 2.40. The van der Waals surface area contributed by atoms with Crippen LogP contribution >= 0.6 is 0 Å². The Labute approximate surface area is 92.9 Å². The van der Waals surface area contributed by atoms with Crippen molar-refractivity contribution >= 4 is 21.8 Å². The summed E-state index contributed by atoms with van der Waals surface area (Å²) < 4.78 is 6.11. The van der Waals surface area contributed by atoms with E-state index in [4.69, 9.17) is 4.74 Å². The summed E-state index contributed by atoms with van der Waals surface area (Å²) in [5, 5.41) is 0. The number of carbonyl (C=O) groups excluding carboxylic acids is 1. The van der Waals surface area contributed by atoms with Crippen LogP contribution in [0.15, 0.2) is 0 Å². The molecule has 0 N–H and O–H groups in total. The van der Waals surface area contributed by atoms with Gasteiger partial charge < -0.3 is 0 Å². The predicted molar refractivity (Wildman–Crippen MR) is 59.2 cm³/mol. The second-order valence-electron chi connectivity index (χ2n) is 4.70. The molecule has 4 heteroatoms. The van der Waals surface area contributed by atoms with Crippen LogP contribution < -0.4 is 0 Å². The number of carbonyl (C=O) groups is 1. The maximum absolute atomic E-state index is 11.6. The maximum atomic E-state index is 11.6. The Bertz CT molecular complexity index is 213. The van der Waals surface area contributed by atoms with Gasteiger partial charge in [-0.3, -0.25) is 0 Å². The van der Waals surface area contributed by atoms with Crippen molar-refractivity contribution in [1.82, 2.24) is 4.90 Å². The molecule has 1 rings (SSSR count). The summed E-state index contributed by atoms with van der Waals surface area (Å²) >= 11 is 0.147. The quantitative estimate of drug-likeness (QED) is 0.675. The summed E-state index contributed by atoms with van der Waals surface area (Å²) in [6.07, 6.45) is 1.04. The Morgan fingerprint density at radius 3 is 2.57 bits per heavy atom. The van der Waals surface area contributed by atoms with E-state index < -0.39 is 0 Å². The zero-order valence-electron chi connectivity index (χ0n) is 9.46. The molecule has 82 valence electrons. The van der Waals surface area contributed by atoms with Crippen LogP contribution in [-0.2, 0) is 4.74 Å². The van der Waals surface area contributed by atoms with Crippen LogP contribution in [0.25, 0.3) is 0 Å². The molecule has 14 heavy (non-hydrogen) atoms. The van der Waals surface area contributed by atoms with Crippen LogP contribution in [0.4, 0.5) is 4.79 Å². The number of hydrogen-bond acceptors (Lipinski definition) is 2. The van der Waals surface area contributed by atoms with Crippen molar-refractivity contribution in [3.8, 4) is 0 Å². The molecule has 3 nitrogen and oxygen atoms in total. The van der Waals surface area contributed by atoms with Crippen molar-refractivity contribution < 1.29 is 9.53 Å². The Morgan fingerprint density at radius 1 is 1.50 bits per heavy atom. The topological polar surface area (TPSA) is 29.5 Å². The van der Waals surface area contributed by atoms with Gasteiger partial charge in [-0.05, 0) is 0 Å². The molecule has 1 fully saturated rings. The van der Waals surface area contributed by atoms with Gasteiger partial charge in [0.25, 0.3) is 0 Å². The number of amides is 1. The molecule has 1 heterocycles.